The Labute approximate surface area is 101 Å². The average Bonchev–Trinajstić information content (AvgIpc) is 2.74. The molecular weight excluding hydrogens is 220 g/mol. The molecule has 0 saturated heterocycles. The fraction of sp³-hybridized carbons (Fsp3) is 0.583. The number of carbonyl (C=O) groups is 1. The van der Waals surface area contributed by atoms with Crippen molar-refractivity contribution in [1.29, 1.82) is 0 Å². The second kappa shape index (κ2) is 7.41. The summed E-state index contributed by atoms with van der Waals surface area (Å²) in [6.45, 7) is 3.71. The van der Waals surface area contributed by atoms with E-state index < -0.39 is 0 Å². The summed E-state index contributed by atoms with van der Waals surface area (Å²) in [4.78, 5) is 12.8. The molecular formula is C12H20N2OS. The maximum Gasteiger partial charge on any atom is 0.220 e. The lowest BCUT2D eigenvalue weighted by Crippen LogP contribution is -2.23. The lowest BCUT2D eigenvalue weighted by molar-refractivity contribution is -0.121. The van der Waals surface area contributed by atoms with Crippen LogP contribution >= 0.6 is 11.3 Å². The molecule has 3 nitrogen and oxygen atoms in total. The number of nitrogens with one attached hydrogen (secondary N) is 2. The summed E-state index contributed by atoms with van der Waals surface area (Å²) in [5.74, 6) is 0.144. The van der Waals surface area contributed by atoms with E-state index in [1.54, 1.807) is 11.3 Å². The standard InChI is InChI=1S/C12H20N2OS/c1-3-10-6-8-16-11(10)9-14-12(15)5-4-7-13-2/h6,8,13H,3-5,7,9H2,1-2H3,(H,14,15). The summed E-state index contributed by atoms with van der Waals surface area (Å²) in [5, 5.41) is 8.08. The van der Waals surface area contributed by atoms with Crippen LogP contribution in [0.2, 0.25) is 0 Å². The first-order chi connectivity index (χ1) is 7.77. The van der Waals surface area contributed by atoms with Crippen molar-refractivity contribution in [2.45, 2.75) is 32.7 Å². The van der Waals surface area contributed by atoms with Crippen molar-refractivity contribution >= 4 is 17.2 Å². The highest BCUT2D eigenvalue weighted by molar-refractivity contribution is 7.10. The third kappa shape index (κ3) is 4.33. The number of hydrogen-bond donors (Lipinski definition) is 2. The number of rotatable bonds is 7. The smallest absolute Gasteiger partial charge is 0.220 e. The van der Waals surface area contributed by atoms with Gasteiger partial charge in [0.2, 0.25) is 5.91 Å². The molecule has 0 aliphatic heterocycles. The van der Waals surface area contributed by atoms with Crippen LogP contribution in [0.1, 0.15) is 30.2 Å². The van der Waals surface area contributed by atoms with Crippen LogP contribution in [-0.2, 0) is 17.8 Å². The molecule has 0 aliphatic carbocycles. The first-order valence-corrected chi connectivity index (χ1v) is 6.62. The molecule has 16 heavy (non-hydrogen) atoms. The highest BCUT2D eigenvalue weighted by Gasteiger charge is 2.04. The first-order valence-electron chi connectivity index (χ1n) is 5.74. The van der Waals surface area contributed by atoms with E-state index in [1.807, 2.05) is 7.05 Å². The van der Waals surface area contributed by atoms with E-state index in [2.05, 4.69) is 29.0 Å². The predicted molar refractivity (Wildman–Crippen MR) is 68.7 cm³/mol. The Morgan fingerprint density at radius 3 is 3.00 bits per heavy atom. The summed E-state index contributed by atoms with van der Waals surface area (Å²) in [6.07, 6.45) is 2.54. The lowest BCUT2D eigenvalue weighted by atomic mass is 10.2. The van der Waals surface area contributed by atoms with Gasteiger partial charge in [0.05, 0.1) is 6.54 Å². The highest BCUT2D eigenvalue weighted by atomic mass is 32.1. The van der Waals surface area contributed by atoms with E-state index in [0.29, 0.717) is 13.0 Å². The average molecular weight is 240 g/mol. The summed E-state index contributed by atoms with van der Waals surface area (Å²) < 4.78 is 0. The van der Waals surface area contributed by atoms with E-state index in [-0.39, 0.29) is 5.91 Å². The fourth-order valence-corrected chi connectivity index (χ4v) is 2.45. The van der Waals surface area contributed by atoms with Crippen molar-refractivity contribution in [3.05, 3.63) is 21.9 Å². The SMILES string of the molecule is CCc1ccsc1CNC(=O)CCCNC. The van der Waals surface area contributed by atoms with E-state index in [9.17, 15) is 4.79 Å². The van der Waals surface area contributed by atoms with E-state index in [4.69, 9.17) is 0 Å². The molecule has 1 aromatic heterocycles. The molecule has 1 rings (SSSR count). The van der Waals surface area contributed by atoms with Gasteiger partial charge in [-0.1, -0.05) is 6.92 Å². The van der Waals surface area contributed by atoms with Gasteiger partial charge in [0.1, 0.15) is 0 Å². The lowest BCUT2D eigenvalue weighted by Gasteiger charge is -2.05. The highest BCUT2D eigenvalue weighted by Crippen LogP contribution is 2.16. The Kier molecular flexibility index (Phi) is 6.11. The van der Waals surface area contributed by atoms with E-state index >= 15 is 0 Å². The second-order valence-electron chi connectivity index (χ2n) is 3.71. The predicted octanol–water partition coefficient (Wildman–Crippen LogP) is 1.93. The van der Waals surface area contributed by atoms with E-state index in [1.165, 1.54) is 10.4 Å². The molecule has 1 amide bonds. The summed E-state index contributed by atoms with van der Waals surface area (Å²) in [5.41, 5.74) is 1.35. The summed E-state index contributed by atoms with van der Waals surface area (Å²) in [6, 6.07) is 2.13. The van der Waals surface area contributed by atoms with Gasteiger partial charge in [-0.3, -0.25) is 4.79 Å². The first kappa shape index (κ1) is 13.2. The molecule has 2 N–H and O–H groups in total. The van der Waals surface area contributed by atoms with Gasteiger partial charge in [0.15, 0.2) is 0 Å². The number of hydrogen-bond acceptors (Lipinski definition) is 3. The van der Waals surface area contributed by atoms with Crippen molar-refractivity contribution in [1.82, 2.24) is 10.6 Å². The third-order valence-corrected chi connectivity index (χ3v) is 3.46. The number of aryl methyl sites for hydroxylation is 1. The van der Waals surface area contributed by atoms with Gasteiger partial charge >= 0.3 is 0 Å². The largest absolute Gasteiger partial charge is 0.351 e. The van der Waals surface area contributed by atoms with Gasteiger partial charge in [-0.15, -0.1) is 11.3 Å². The molecule has 0 atom stereocenters. The minimum atomic E-state index is 0.144. The molecule has 90 valence electrons. The Bertz CT molecular complexity index is 323. The van der Waals surface area contributed by atoms with Crippen molar-refractivity contribution < 1.29 is 4.79 Å². The zero-order valence-electron chi connectivity index (χ0n) is 10.0. The van der Waals surface area contributed by atoms with Crippen LogP contribution in [0.15, 0.2) is 11.4 Å². The van der Waals surface area contributed by atoms with Gasteiger partial charge in [-0.25, -0.2) is 0 Å². The number of amides is 1. The Balaban J connectivity index is 2.26. The molecule has 0 fully saturated rings. The molecule has 1 heterocycles. The third-order valence-electron chi connectivity index (χ3n) is 2.50. The van der Waals surface area contributed by atoms with Crippen LogP contribution in [-0.4, -0.2) is 19.5 Å². The molecule has 4 heteroatoms. The van der Waals surface area contributed by atoms with Crippen LogP contribution in [0.5, 0.6) is 0 Å². The fourth-order valence-electron chi connectivity index (χ4n) is 1.53. The molecule has 0 saturated carbocycles. The zero-order chi connectivity index (χ0) is 11.8. The van der Waals surface area contributed by atoms with Crippen LogP contribution in [0, 0.1) is 0 Å². The topological polar surface area (TPSA) is 41.1 Å². The zero-order valence-corrected chi connectivity index (χ0v) is 10.8. The Morgan fingerprint density at radius 2 is 2.31 bits per heavy atom. The maximum absolute atomic E-state index is 11.5. The molecule has 1 aromatic rings. The molecule has 0 aliphatic rings. The van der Waals surface area contributed by atoms with Gasteiger partial charge in [-0.2, -0.15) is 0 Å². The molecule has 0 spiro atoms. The van der Waals surface area contributed by atoms with Crippen LogP contribution in [0.3, 0.4) is 0 Å². The van der Waals surface area contributed by atoms with Crippen molar-refractivity contribution in [3.63, 3.8) is 0 Å². The van der Waals surface area contributed by atoms with Crippen LogP contribution in [0.4, 0.5) is 0 Å². The maximum atomic E-state index is 11.5. The molecule has 0 radical (unpaired) electrons. The minimum absolute atomic E-state index is 0.144. The van der Waals surface area contributed by atoms with Crippen molar-refractivity contribution in [3.8, 4) is 0 Å². The Hall–Kier alpha value is -0.870. The van der Waals surface area contributed by atoms with Gasteiger partial charge in [0, 0.05) is 11.3 Å². The number of thiophene rings is 1. The van der Waals surface area contributed by atoms with Gasteiger partial charge < -0.3 is 10.6 Å². The molecule has 0 bridgehead atoms. The normalized spacial score (nSPS) is 10.4. The van der Waals surface area contributed by atoms with Gasteiger partial charge in [0.25, 0.3) is 0 Å². The van der Waals surface area contributed by atoms with Crippen LogP contribution in [0.25, 0.3) is 0 Å². The quantitative estimate of drug-likeness (QED) is 0.715. The number of carbonyl (C=O) groups excluding carboxylic acids is 1. The van der Waals surface area contributed by atoms with E-state index in [0.717, 1.165) is 19.4 Å². The monoisotopic (exact) mass is 240 g/mol. The van der Waals surface area contributed by atoms with Crippen LogP contribution < -0.4 is 10.6 Å². The van der Waals surface area contributed by atoms with Crippen molar-refractivity contribution in [2.75, 3.05) is 13.6 Å². The Morgan fingerprint density at radius 1 is 1.50 bits per heavy atom. The summed E-state index contributed by atoms with van der Waals surface area (Å²) >= 11 is 1.72. The van der Waals surface area contributed by atoms with Crippen molar-refractivity contribution in [2.24, 2.45) is 0 Å². The molecule has 0 unspecified atom stereocenters. The second-order valence-corrected chi connectivity index (χ2v) is 4.71. The summed E-state index contributed by atoms with van der Waals surface area (Å²) in [7, 11) is 1.90. The minimum Gasteiger partial charge on any atom is -0.351 e. The van der Waals surface area contributed by atoms with Gasteiger partial charge in [-0.05, 0) is 43.4 Å². The molecule has 0 aromatic carbocycles.